The van der Waals surface area contributed by atoms with Crippen molar-refractivity contribution in [1.29, 1.82) is 0 Å². The van der Waals surface area contributed by atoms with Crippen LogP contribution >= 0.6 is 0 Å². The van der Waals surface area contributed by atoms with Crippen molar-refractivity contribution in [2.24, 2.45) is 0 Å². The molecule has 2 heterocycles. The Hall–Kier alpha value is -3.56. The van der Waals surface area contributed by atoms with Crippen LogP contribution in [0.2, 0.25) is 0 Å². The summed E-state index contributed by atoms with van der Waals surface area (Å²) in [5.74, 6) is -0.245. The molecule has 2 atom stereocenters. The van der Waals surface area contributed by atoms with Crippen LogP contribution in [0.25, 0.3) is 0 Å². The number of carbonyl (C=O) groups excluding carboxylic acids is 2. The molecule has 0 aliphatic carbocycles. The number of aryl methyl sites for hydroxylation is 1. The lowest BCUT2D eigenvalue weighted by atomic mass is 10.1. The van der Waals surface area contributed by atoms with Crippen LogP contribution in [0.1, 0.15) is 30.5 Å². The first-order valence-electron chi connectivity index (χ1n) is 11.4. The van der Waals surface area contributed by atoms with Gasteiger partial charge in [0, 0.05) is 24.8 Å². The first kappa shape index (κ1) is 24.6. The van der Waals surface area contributed by atoms with E-state index in [1.807, 2.05) is 50.2 Å². The molecule has 1 aromatic heterocycles. The van der Waals surface area contributed by atoms with Crippen LogP contribution in [0.5, 0.6) is 0 Å². The van der Waals surface area contributed by atoms with Crippen LogP contribution in [0.15, 0.2) is 71.8 Å². The van der Waals surface area contributed by atoms with Crippen LogP contribution in [0.3, 0.4) is 0 Å². The van der Waals surface area contributed by atoms with Gasteiger partial charge in [0.25, 0.3) is 0 Å². The zero-order valence-corrected chi connectivity index (χ0v) is 20.7. The Morgan fingerprint density at radius 1 is 1.11 bits per heavy atom. The van der Waals surface area contributed by atoms with E-state index in [0.717, 1.165) is 16.7 Å². The summed E-state index contributed by atoms with van der Waals surface area (Å²) in [5, 5.41) is 2.72. The van der Waals surface area contributed by atoms with Crippen molar-refractivity contribution >= 4 is 33.3 Å². The van der Waals surface area contributed by atoms with Gasteiger partial charge in [-0.15, -0.1) is 0 Å². The molecule has 8 nitrogen and oxygen atoms in total. The van der Waals surface area contributed by atoms with Gasteiger partial charge < -0.3 is 10.2 Å². The fraction of sp³-hybridized carbons (Fsp3) is 0.269. The van der Waals surface area contributed by atoms with Gasteiger partial charge in [-0.05, 0) is 73.7 Å². The van der Waals surface area contributed by atoms with Gasteiger partial charge >= 0.3 is 0 Å². The number of nitrogens with one attached hydrogen (secondary N) is 2. The van der Waals surface area contributed by atoms with Crippen molar-refractivity contribution in [3.63, 3.8) is 0 Å². The monoisotopic (exact) mass is 492 g/mol. The molecule has 35 heavy (non-hydrogen) atoms. The van der Waals surface area contributed by atoms with Crippen molar-refractivity contribution in [3.8, 4) is 0 Å². The Morgan fingerprint density at radius 2 is 1.86 bits per heavy atom. The molecule has 0 radical (unpaired) electrons. The molecule has 0 saturated carbocycles. The summed E-state index contributed by atoms with van der Waals surface area (Å²) in [4.78, 5) is 31.0. The highest BCUT2D eigenvalue weighted by atomic mass is 32.2. The van der Waals surface area contributed by atoms with Crippen LogP contribution in [-0.2, 0) is 32.5 Å². The van der Waals surface area contributed by atoms with E-state index in [1.54, 1.807) is 29.3 Å². The molecule has 0 spiro atoms. The third-order valence-electron chi connectivity index (χ3n) is 5.98. The molecule has 0 saturated heterocycles. The van der Waals surface area contributed by atoms with E-state index in [2.05, 4.69) is 15.0 Å². The lowest BCUT2D eigenvalue weighted by Crippen LogP contribution is -2.45. The molecule has 1 aliphatic heterocycles. The van der Waals surface area contributed by atoms with Gasteiger partial charge in [-0.25, -0.2) is 13.4 Å². The molecule has 9 heteroatoms. The number of anilines is 2. The fourth-order valence-corrected chi connectivity index (χ4v) is 5.61. The topological polar surface area (TPSA) is 108 Å². The molecule has 2 aromatic carbocycles. The van der Waals surface area contributed by atoms with Gasteiger partial charge in [-0.2, -0.15) is 4.72 Å². The summed E-state index contributed by atoms with van der Waals surface area (Å²) >= 11 is 0. The van der Waals surface area contributed by atoms with E-state index in [4.69, 9.17) is 0 Å². The molecular formula is C26H28N4O4S. The highest BCUT2D eigenvalue weighted by Crippen LogP contribution is 2.34. The standard InChI is InChI=1S/C26H28N4O4S/c1-17-11-12-27-25(13-17)28-26(32)23(15-20-7-5-4-6-8-20)29-35(33,34)22-9-10-24-21(16-22)14-18(2)30(24)19(3)31/h4-13,16,18,23,29H,14-15H2,1-3H3,(H,27,28,32)/t18-,23+/m1/s1. The van der Waals surface area contributed by atoms with Crippen molar-refractivity contribution in [2.45, 2.75) is 50.6 Å². The number of rotatable bonds is 7. The van der Waals surface area contributed by atoms with Crippen molar-refractivity contribution in [2.75, 3.05) is 10.2 Å². The summed E-state index contributed by atoms with van der Waals surface area (Å²) in [5.41, 5.74) is 3.23. The van der Waals surface area contributed by atoms with Crippen molar-refractivity contribution in [3.05, 3.63) is 83.6 Å². The maximum atomic E-state index is 13.4. The number of fused-ring (bicyclic) bond motifs is 1. The van der Waals surface area contributed by atoms with E-state index >= 15 is 0 Å². The summed E-state index contributed by atoms with van der Waals surface area (Å²) < 4.78 is 29.3. The maximum Gasteiger partial charge on any atom is 0.244 e. The first-order chi connectivity index (χ1) is 16.6. The Kier molecular flexibility index (Phi) is 7.00. The lowest BCUT2D eigenvalue weighted by Gasteiger charge is -2.21. The Balaban J connectivity index is 1.61. The molecule has 1 aliphatic rings. The number of carbonyl (C=O) groups is 2. The number of pyridine rings is 1. The van der Waals surface area contributed by atoms with Crippen molar-refractivity contribution < 1.29 is 18.0 Å². The summed E-state index contributed by atoms with van der Waals surface area (Å²) in [6, 6.07) is 16.3. The number of hydrogen-bond acceptors (Lipinski definition) is 5. The molecule has 2 N–H and O–H groups in total. The van der Waals surface area contributed by atoms with Gasteiger partial charge in [0.1, 0.15) is 11.9 Å². The smallest absolute Gasteiger partial charge is 0.244 e. The highest BCUT2D eigenvalue weighted by Gasteiger charge is 2.32. The molecule has 0 fully saturated rings. The van der Waals surface area contributed by atoms with Crippen molar-refractivity contribution in [1.82, 2.24) is 9.71 Å². The minimum absolute atomic E-state index is 0.0492. The van der Waals surface area contributed by atoms with Gasteiger partial charge in [-0.1, -0.05) is 30.3 Å². The zero-order chi connectivity index (χ0) is 25.2. The summed E-state index contributed by atoms with van der Waals surface area (Å²) in [6.07, 6.45) is 2.31. The van der Waals surface area contributed by atoms with E-state index in [0.29, 0.717) is 17.9 Å². The quantitative estimate of drug-likeness (QED) is 0.527. The predicted octanol–water partition coefficient (Wildman–Crippen LogP) is 3.22. The third kappa shape index (κ3) is 5.58. The largest absolute Gasteiger partial charge is 0.309 e. The highest BCUT2D eigenvalue weighted by molar-refractivity contribution is 7.89. The maximum absolute atomic E-state index is 13.4. The van der Waals surface area contributed by atoms with Gasteiger partial charge in [0.05, 0.1) is 4.90 Å². The predicted molar refractivity (Wildman–Crippen MR) is 135 cm³/mol. The molecule has 0 unspecified atom stereocenters. The summed E-state index contributed by atoms with van der Waals surface area (Å²) in [6.45, 7) is 5.30. The molecule has 4 rings (SSSR count). The number of sulfonamides is 1. The van der Waals surface area contributed by atoms with E-state index in [1.165, 1.54) is 13.0 Å². The normalized spacial score (nSPS) is 16.0. The third-order valence-corrected chi connectivity index (χ3v) is 7.45. The van der Waals surface area contributed by atoms with Crippen LogP contribution in [0, 0.1) is 6.92 Å². The number of amides is 2. The number of hydrogen-bond donors (Lipinski definition) is 2. The van der Waals surface area contributed by atoms with Crippen LogP contribution < -0.4 is 14.9 Å². The van der Waals surface area contributed by atoms with Crippen LogP contribution in [-0.4, -0.2) is 37.3 Å². The Morgan fingerprint density at radius 3 is 2.54 bits per heavy atom. The average molecular weight is 493 g/mol. The Bertz CT molecular complexity index is 1360. The summed E-state index contributed by atoms with van der Waals surface area (Å²) in [7, 11) is -4.04. The second kappa shape index (κ2) is 9.97. The van der Waals surface area contributed by atoms with Gasteiger partial charge in [0.2, 0.25) is 21.8 Å². The van der Waals surface area contributed by atoms with Crippen LogP contribution in [0.4, 0.5) is 11.5 Å². The number of nitrogens with zero attached hydrogens (tertiary/aromatic N) is 2. The molecule has 3 aromatic rings. The van der Waals surface area contributed by atoms with E-state index < -0.39 is 22.0 Å². The van der Waals surface area contributed by atoms with E-state index in [-0.39, 0.29) is 23.3 Å². The number of aromatic nitrogens is 1. The lowest BCUT2D eigenvalue weighted by molar-refractivity contribution is -0.118. The van der Waals surface area contributed by atoms with E-state index in [9.17, 15) is 18.0 Å². The minimum atomic E-state index is -4.04. The fourth-order valence-electron chi connectivity index (χ4n) is 4.37. The first-order valence-corrected chi connectivity index (χ1v) is 12.8. The zero-order valence-electron chi connectivity index (χ0n) is 19.9. The minimum Gasteiger partial charge on any atom is -0.309 e. The molecular weight excluding hydrogens is 464 g/mol. The number of benzene rings is 2. The second-order valence-corrected chi connectivity index (χ2v) is 10.5. The molecule has 182 valence electrons. The van der Waals surface area contributed by atoms with Gasteiger partial charge in [-0.3, -0.25) is 9.59 Å². The molecule has 0 bridgehead atoms. The van der Waals surface area contributed by atoms with Gasteiger partial charge in [0.15, 0.2) is 0 Å². The SMILES string of the molecule is CC(=O)N1c2ccc(S(=O)(=O)N[C@@H](Cc3ccccc3)C(=O)Nc3cc(C)ccn3)cc2C[C@H]1C. The second-order valence-electron chi connectivity index (χ2n) is 8.80. The Labute approximate surface area is 205 Å². The molecule has 2 amide bonds. The average Bonchev–Trinajstić information content (AvgIpc) is 3.14.